The lowest BCUT2D eigenvalue weighted by Crippen LogP contribution is -2.29. The molecule has 4 rings (SSSR count). The molecule has 0 saturated heterocycles. The number of H-pyrrole nitrogens is 1. The third-order valence-corrected chi connectivity index (χ3v) is 5.81. The van der Waals surface area contributed by atoms with Gasteiger partial charge >= 0.3 is 6.18 Å². The van der Waals surface area contributed by atoms with Gasteiger partial charge in [0.1, 0.15) is 18.2 Å². The van der Waals surface area contributed by atoms with Crippen molar-refractivity contribution in [2.45, 2.75) is 52.0 Å². The molecule has 1 aromatic heterocycles. The van der Waals surface area contributed by atoms with Crippen LogP contribution >= 0.6 is 0 Å². The van der Waals surface area contributed by atoms with Crippen LogP contribution in [0.15, 0.2) is 48.5 Å². The number of aromatic amines is 1. The number of fused-ring (bicyclic) bond motifs is 1. The first-order chi connectivity index (χ1) is 15.5. The van der Waals surface area contributed by atoms with Crippen LogP contribution in [-0.4, -0.2) is 15.1 Å². The van der Waals surface area contributed by atoms with Crippen molar-refractivity contribution in [2.75, 3.05) is 0 Å². The quantitative estimate of drug-likeness (QED) is 0.578. The van der Waals surface area contributed by atoms with Crippen molar-refractivity contribution in [3.63, 3.8) is 0 Å². The van der Waals surface area contributed by atoms with E-state index in [-0.39, 0.29) is 17.9 Å². The Morgan fingerprint density at radius 2 is 1.79 bits per heavy atom. The first-order valence-electron chi connectivity index (χ1n) is 10.9. The van der Waals surface area contributed by atoms with Gasteiger partial charge in [0.2, 0.25) is 0 Å². The average Bonchev–Trinajstić information content (AvgIpc) is 3.18. The zero-order valence-corrected chi connectivity index (χ0v) is 18.8. The fourth-order valence-corrected chi connectivity index (χ4v) is 3.98. The van der Waals surface area contributed by atoms with E-state index in [0.29, 0.717) is 11.6 Å². The Labute approximate surface area is 190 Å². The van der Waals surface area contributed by atoms with Gasteiger partial charge in [-0.05, 0) is 47.2 Å². The van der Waals surface area contributed by atoms with Crippen LogP contribution in [0.5, 0.6) is 5.75 Å². The molecule has 0 fully saturated rings. The van der Waals surface area contributed by atoms with E-state index in [2.05, 4.69) is 28.2 Å². The Hall–Kier alpha value is -3.06. The highest BCUT2D eigenvalue weighted by molar-refractivity contribution is 5.49. The molecule has 33 heavy (non-hydrogen) atoms. The summed E-state index contributed by atoms with van der Waals surface area (Å²) in [5, 5.41) is 12.6. The molecule has 7 heteroatoms. The van der Waals surface area contributed by atoms with Gasteiger partial charge in [0, 0.05) is 5.92 Å². The number of aromatic nitrogens is 2. The third-order valence-electron chi connectivity index (χ3n) is 5.81. The molecule has 2 atom stereocenters. The lowest BCUT2D eigenvalue weighted by Gasteiger charge is -2.29. The molecule has 2 N–H and O–H groups in total. The van der Waals surface area contributed by atoms with Crippen LogP contribution < -0.4 is 15.4 Å². The second-order valence-electron chi connectivity index (χ2n) is 9.40. The highest BCUT2D eigenvalue weighted by Crippen LogP contribution is 2.38. The lowest BCUT2D eigenvalue weighted by atomic mass is 9.79. The molecule has 0 aliphatic heterocycles. The summed E-state index contributed by atoms with van der Waals surface area (Å²) in [4.78, 5) is 7.80. The number of halogens is 3. The number of nitrogens with zero attached hydrogens (tertiary/aromatic N) is 1. The van der Waals surface area contributed by atoms with Gasteiger partial charge in [-0.15, -0.1) is 0 Å². The maximum absolute atomic E-state index is 12.7. The summed E-state index contributed by atoms with van der Waals surface area (Å²) in [6.45, 7) is 6.16. The Morgan fingerprint density at radius 3 is 2.45 bits per heavy atom. The van der Waals surface area contributed by atoms with Crippen LogP contribution in [-0.2, 0) is 12.8 Å². The Morgan fingerprint density at radius 1 is 1.09 bits per heavy atom. The van der Waals surface area contributed by atoms with E-state index in [0.717, 1.165) is 40.4 Å². The molecular formula is C26H27F3N2O2. The molecule has 2 aromatic carbocycles. The molecule has 174 valence electrons. The van der Waals surface area contributed by atoms with Crippen molar-refractivity contribution in [3.8, 4) is 5.75 Å². The largest absolute Gasteiger partial charge is 0.486 e. The van der Waals surface area contributed by atoms with E-state index in [4.69, 9.17) is 4.74 Å². The summed E-state index contributed by atoms with van der Waals surface area (Å²) < 4.78 is 43.7. The number of alkyl halides is 3. The topological polar surface area (TPSA) is 58.1 Å². The van der Waals surface area contributed by atoms with Gasteiger partial charge in [-0.2, -0.15) is 13.2 Å². The molecule has 4 nitrogen and oxygen atoms in total. The monoisotopic (exact) mass is 456 g/mol. The van der Waals surface area contributed by atoms with Crippen LogP contribution in [0.3, 0.4) is 0 Å². The molecule has 0 spiro atoms. The number of benzene rings is 2. The second kappa shape index (κ2) is 8.71. The average molecular weight is 457 g/mol. The van der Waals surface area contributed by atoms with E-state index < -0.39 is 17.8 Å². The van der Waals surface area contributed by atoms with E-state index in [1.807, 2.05) is 39.0 Å². The van der Waals surface area contributed by atoms with Gasteiger partial charge in [0.25, 0.3) is 0 Å². The number of hydrogen-bond acceptors (Lipinski definition) is 3. The summed E-state index contributed by atoms with van der Waals surface area (Å²) in [6, 6.07) is 12.6. The molecule has 0 radical (unpaired) electrons. The fourth-order valence-electron chi connectivity index (χ4n) is 3.98. The Balaban J connectivity index is 1.52. The van der Waals surface area contributed by atoms with Crippen molar-refractivity contribution >= 4 is 12.2 Å². The summed E-state index contributed by atoms with van der Waals surface area (Å²) in [6.07, 6.45) is -0.0398. The Kier molecular flexibility index (Phi) is 6.10. The first kappa shape index (κ1) is 23.1. The molecule has 0 bridgehead atoms. The standard InChI is InChI=1S/C26H27F3N2O2/c1-25(2,3)24(32)20-7-5-4-6-19(20)16-8-13-21-22(14-16)31-23(30-21)15-33-18-11-9-17(10-12-18)26(27,28)29/h4-7,9-14,16,24,32H,8,15H2,1-3H3,(H,30,31). The van der Waals surface area contributed by atoms with Gasteiger partial charge in [0.05, 0.1) is 22.4 Å². The summed E-state index contributed by atoms with van der Waals surface area (Å²) in [7, 11) is 0. The number of imidazole rings is 1. The van der Waals surface area contributed by atoms with Crippen molar-refractivity contribution in [1.82, 2.24) is 9.97 Å². The predicted molar refractivity (Wildman–Crippen MR) is 121 cm³/mol. The molecule has 1 heterocycles. The number of hydrogen-bond donors (Lipinski definition) is 2. The van der Waals surface area contributed by atoms with Crippen LogP contribution in [0.4, 0.5) is 13.2 Å². The maximum Gasteiger partial charge on any atom is 0.416 e. The normalized spacial score (nSPS) is 17.0. The zero-order valence-electron chi connectivity index (χ0n) is 18.8. The fraction of sp³-hybridized carbons (Fsp3) is 0.346. The number of ether oxygens (including phenoxy) is 1. The maximum atomic E-state index is 12.7. The van der Waals surface area contributed by atoms with Crippen LogP contribution in [0.1, 0.15) is 61.7 Å². The molecule has 3 aromatic rings. The Bertz CT molecular complexity index is 1240. The molecule has 0 amide bonds. The minimum absolute atomic E-state index is 0.0924. The third kappa shape index (κ3) is 5.14. The van der Waals surface area contributed by atoms with E-state index in [9.17, 15) is 18.3 Å². The minimum Gasteiger partial charge on any atom is -0.486 e. The van der Waals surface area contributed by atoms with Gasteiger partial charge in [-0.25, -0.2) is 4.98 Å². The first-order valence-corrected chi connectivity index (χ1v) is 10.9. The molecule has 0 saturated carbocycles. The zero-order chi connectivity index (χ0) is 23.8. The second-order valence-corrected chi connectivity index (χ2v) is 9.40. The summed E-state index contributed by atoms with van der Waals surface area (Å²) in [5.41, 5.74) is 1.01. The lowest BCUT2D eigenvalue weighted by molar-refractivity contribution is -0.137. The smallest absolute Gasteiger partial charge is 0.416 e. The van der Waals surface area contributed by atoms with Crippen LogP contribution in [0, 0.1) is 5.41 Å². The van der Waals surface area contributed by atoms with Crippen LogP contribution in [0.2, 0.25) is 0 Å². The number of aliphatic hydroxyl groups is 1. The van der Waals surface area contributed by atoms with Gasteiger partial charge in [0.15, 0.2) is 0 Å². The number of aliphatic hydroxyl groups excluding tert-OH is 1. The van der Waals surface area contributed by atoms with E-state index >= 15 is 0 Å². The minimum atomic E-state index is -4.37. The SMILES string of the molecule is CC(C)(C)C(O)c1ccccc1C1C=c2[nH]c(COc3ccc(C(F)(F)F)cc3)nc2=CC1. The van der Waals surface area contributed by atoms with Crippen molar-refractivity contribution < 1.29 is 23.0 Å². The van der Waals surface area contributed by atoms with E-state index in [1.165, 1.54) is 12.1 Å². The highest BCUT2D eigenvalue weighted by Gasteiger charge is 2.30. The van der Waals surface area contributed by atoms with Crippen molar-refractivity contribution in [1.29, 1.82) is 0 Å². The highest BCUT2D eigenvalue weighted by atomic mass is 19.4. The van der Waals surface area contributed by atoms with E-state index in [1.54, 1.807) is 0 Å². The summed E-state index contributed by atoms with van der Waals surface area (Å²) >= 11 is 0. The molecule has 2 unspecified atom stereocenters. The van der Waals surface area contributed by atoms with Gasteiger partial charge < -0.3 is 14.8 Å². The molecule has 1 aliphatic carbocycles. The van der Waals surface area contributed by atoms with Crippen molar-refractivity contribution in [3.05, 3.63) is 81.7 Å². The molecule has 1 aliphatic rings. The summed E-state index contributed by atoms with van der Waals surface area (Å²) in [5.74, 6) is 1.03. The number of nitrogens with one attached hydrogen (secondary N) is 1. The number of rotatable bonds is 5. The van der Waals surface area contributed by atoms with Gasteiger partial charge in [-0.1, -0.05) is 57.2 Å². The molecular weight excluding hydrogens is 429 g/mol. The van der Waals surface area contributed by atoms with Crippen LogP contribution in [0.25, 0.3) is 12.2 Å². The predicted octanol–water partition coefficient (Wildman–Crippen LogP) is 4.84. The van der Waals surface area contributed by atoms with Crippen molar-refractivity contribution in [2.24, 2.45) is 5.41 Å². The van der Waals surface area contributed by atoms with Gasteiger partial charge in [-0.3, -0.25) is 0 Å².